The molecule has 0 aliphatic heterocycles. The minimum absolute atomic E-state index is 0.0922. The average molecular weight is 280 g/mol. The molecule has 0 aliphatic rings. The molecule has 0 saturated heterocycles. The summed E-state index contributed by atoms with van der Waals surface area (Å²) in [6.07, 6.45) is -2.37. The summed E-state index contributed by atoms with van der Waals surface area (Å²) in [6, 6.07) is 7.28. The Bertz CT molecular complexity index is 348. The van der Waals surface area contributed by atoms with Crippen molar-refractivity contribution in [1.29, 1.82) is 0 Å². The molecule has 0 saturated carbocycles. The summed E-state index contributed by atoms with van der Waals surface area (Å²) in [5, 5.41) is 3.10. The molecule has 0 aromatic heterocycles. The molecule has 0 radical (unpaired) electrons. The first kappa shape index (κ1) is 15.3. The van der Waals surface area contributed by atoms with E-state index in [9.17, 15) is 13.2 Å². The Hall–Kier alpha value is -0.740. The van der Waals surface area contributed by atoms with Gasteiger partial charge in [-0.2, -0.15) is 13.2 Å². The smallest absolute Gasteiger partial charge is 0.308 e. The van der Waals surface area contributed by atoms with Gasteiger partial charge in [-0.3, -0.25) is 0 Å². The van der Waals surface area contributed by atoms with E-state index in [-0.39, 0.29) is 5.92 Å². The van der Waals surface area contributed by atoms with Gasteiger partial charge < -0.3 is 5.32 Å². The van der Waals surface area contributed by atoms with Crippen molar-refractivity contribution in [2.45, 2.75) is 31.9 Å². The molecule has 0 fully saturated rings. The Balaban J connectivity index is 2.57. The highest BCUT2D eigenvalue weighted by Crippen LogP contribution is 2.23. The predicted molar refractivity (Wildman–Crippen MR) is 68.0 cm³/mol. The van der Waals surface area contributed by atoms with Gasteiger partial charge in [0, 0.05) is 11.6 Å². The Morgan fingerprint density at radius 2 is 1.83 bits per heavy atom. The maximum Gasteiger partial charge on any atom is 0.401 e. The van der Waals surface area contributed by atoms with E-state index in [1.54, 1.807) is 12.1 Å². The maximum atomic E-state index is 12.1. The summed E-state index contributed by atoms with van der Waals surface area (Å²) < 4.78 is 36.2. The van der Waals surface area contributed by atoms with Crippen molar-refractivity contribution in [1.82, 2.24) is 5.32 Å². The third-order valence-corrected chi connectivity index (χ3v) is 2.95. The van der Waals surface area contributed by atoms with Crippen LogP contribution in [0.25, 0.3) is 0 Å². The zero-order chi connectivity index (χ0) is 13.6. The first-order chi connectivity index (χ1) is 8.42. The second kappa shape index (κ2) is 7.00. The van der Waals surface area contributed by atoms with Crippen LogP contribution >= 0.6 is 11.6 Å². The lowest BCUT2D eigenvalue weighted by molar-refractivity contribution is -0.124. The third kappa shape index (κ3) is 5.74. The number of nitrogens with one attached hydrogen (secondary N) is 1. The number of benzene rings is 1. The number of hydrogen-bond acceptors (Lipinski definition) is 1. The van der Waals surface area contributed by atoms with Gasteiger partial charge >= 0.3 is 6.18 Å². The number of hydrogen-bond donors (Lipinski definition) is 1. The lowest BCUT2D eigenvalue weighted by Crippen LogP contribution is -2.32. The first-order valence-corrected chi connectivity index (χ1v) is 6.33. The summed E-state index contributed by atoms with van der Waals surface area (Å²) in [5.41, 5.74) is 1.02. The molecule has 1 nitrogen and oxygen atoms in total. The van der Waals surface area contributed by atoms with Crippen LogP contribution in [0.15, 0.2) is 24.3 Å². The Morgan fingerprint density at radius 1 is 1.22 bits per heavy atom. The van der Waals surface area contributed by atoms with Gasteiger partial charge in [-0.15, -0.1) is 0 Å². The molecule has 0 spiro atoms. The quantitative estimate of drug-likeness (QED) is 0.815. The van der Waals surface area contributed by atoms with Crippen molar-refractivity contribution in [3.8, 4) is 0 Å². The topological polar surface area (TPSA) is 12.0 Å². The molecular weight excluding hydrogens is 263 g/mol. The van der Waals surface area contributed by atoms with Crippen molar-refractivity contribution in [3.63, 3.8) is 0 Å². The molecule has 18 heavy (non-hydrogen) atoms. The molecule has 1 unspecified atom stereocenters. The maximum absolute atomic E-state index is 12.1. The average Bonchev–Trinajstić information content (AvgIpc) is 2.27. The SMILES string of the molecule is CCCC(CNCC(F)(F)F)c1ccc(Cl)cc1. The van der Waals surface area contributed by atoms with E-state index in [1.807, 2.05) is 19.1 Å². The molecule has 0 bridgehead atoms. The summed E-state index contributed by atoms with van der Waals surface area (Å²) in [6.45, 7) is 1.41. The van der Waals surface area contributed by atoms with E-state index in [0.717, 1.165) is 18.4 Å². The van der Waals surface area contributed by atoms with Crippen LogP contribution in [0, 0.1) is 0 Å². The summed E-state index contributed by atoms with van der Waals surface area (Å²) in [4.78, 5) is 0. The van der Waals surface area contributed by atoms with Crippen molar-refractivity contribution >= 4 is 11.6 Å². The molecule has 0 amide bonds. The first-order valence-electron chi connectivity index (χ1n) is 5.95. The second-order valence-electron chi connectivity index (χ2n) is 4.28. The van der Waals surface area contributed by atoms with Gasteiger partial charge in [-0.05, 0) is 30.0 Å². The minimum Gasteiger partial charge on any atom is -0.308 e. The fraction of sp³-hybridized carbons (Fsp3) is 0.538. The molecule has 0 heterocycles. The molecular formula is C13H17ClF3N. The molecule has 0 aliphatic carbocycles. The highest BCUT2D eigenvalue weighted by molar-refractivity contribution is 6.30. The minimum atomic E-state index is -4.16. The largest absolute Gasteiger partial charge is 0.401 e. The van der Waals surface area contributed by atoms with Gasteiger partial charge in [0.1, 0.15) is 0 Å². The van der Waals surface area contributed by atoms with Crippen molar-refractivity contribution in [2.24, 2.45) is 0 Å². The Kier molecular flexibility index (Phi) is 5.96. The highest BCUT2D eigenvalue weighted by atomic mass is 35.5. The van der Waals surface area contributed by atoms with Crippen molar-refractivity contribution < 1.29 is 13.2 Å². The van der Waals surface area contributed by atoms with E-state index in [0.29, 0.717) is 11.6 Å². The fourth-order valence-corrected chi connectivity index (χ4v) is 1.98. The van der Waals surface area contributed by atoms with Crippen molar-refractivity contribution in [2.75, 3.05) is 13.1 Å². The van der Waals surface area contributed by atoms with Gasteiger partial charge in [0.2, 0.25) is 0 Å². The monoisotopic (exact) mass is 279 g/mol. The van der Waals surface area contributed by atoms with Gasteiger partial charge in [-0.25, -0.2) is 0 Å². The van der Waals surface area contributed by atoms with Crippen LogP contribution in [0.4, 0.5) is 13.2 Å². The molecule has 1 N–H and O–H groups in total. The molecule has 1 aromatic carbocycles. The molecule has 5 heteroatoms. The number of rotatable bonds is 6. The van der Waals surface area contributed by atoms with Crippen LogP contribution in [0.5, 0.6) is 0 Å². The summed E-state index contributed by atoms with van der Waals surface area (Å²) in [7, 11) is 0. The van der Waals surface area contributed by atoms with Crippen LogP contribution in [0.2, 0.25) is 5.02 Å². The normalized spacial score (nSPS) is 13.6. The van der Waals surface area contributed by atoms with E-state index >= 15 is 0 Å². The fourth-order valence-electron chi connectivity index (χ4n) is 1.86. The van der Waals surface area contributed by atoms with E-state index in [2.05, 4.69) is 5.32 Å². The third-order valence-electron chi connectivity index (χ3n) is 2.69. The van der Waals surface area contributed by atoms with Crippen LogP contribution in [0.1, 0.15) is 31.2 Å². The van der Waals surface area contributed by atoms with Crippen LogP contribution in [-0.2, 0) is 0 Å². The molecule has 1 aromatic rings. The molecule has 1 rings (SSSR count). The van der Waals surface area contributed by atoms with Gasteiger partial charge in [0.05, 0.1) is 6.54 Å². The second-order valence-corrected chi connectivity index (χ2v) is 4.72. The van der Waals surface area contributed by atoms with Crippen molar-refractivity contribution in [3.05, 3.63) is 34.9 Å². The van der Waals surface area contributed by atoms with E-state index < -0.39 is 12.7 Å². The predicted octanol–water partition coefficient (Wildman–Crippen LogP) is 4.38. The van der Waals surface area contributed by atoms with Crippen LogP contribution < -0.4 is 5.32 Å². The van der Waals surface area contributed by atoms with Gasteiger partial charge in [-0.1, -0.05) is 37.1 Å². The zero-order valence-corrected chi connectivity index (χ0v) is 11.0. The lowest BCUT2D eigenvalue weighted by atomic mass is 9.94. The lowest BCUT2D eigenvalue weighted by Gasteiger charge is -2.18. The summed E-state index contributed by atoms with van der Waals surface area (Å²) >= 11 is 5.79. The Labute approximate surface area is 110 Å². The van der Waals surface area contributed by atoms with Crippen LogP contribution in [-0.4, -0.2) is 19.3 Å². The number of halogens is 4. The van der Waals surface area contributed by atoms with Gasteiger partial charge in [0.15, 0.2) is 0 Å². The Morgan fingerprint density at radius 3 is 2.33 bits per heavy atom. The standard InChI is InChI=1S/C13H17ClF3N/c1-2-3-11(8-18-9-13(15,16)17)10-4-6-12(14)7-5-10/h4-7,11,18H,2-3,8-9H2,1H3. The van der Waals surface area contributed by atoms with Gasteiger partial charge in [0.25, 0.3) is 0 Å². The summed E-state index contributed by atoms with van der Waals surface area (Å²) in [5.74, 6) is 0.0922. The highest BCUT2D eigenvalue weighted by Gasteiger charge is 2.26. The molecule has 102 valence electrons. The van der Waals surface area contributed by atoms with Crippen LogP contribution in [0.3, 0.4) is 0 Å². The van der Waals surface area contributed by atoms with E-state index in [1.165, 1.54) is 0 Å². The zero-order valence-electron chi connectivity index (χ0n) is 10.2. The van der Waals surface area contributed by atoms with E-state index in [4.69, 9.17) is 11.6 Å². The number of alkyl halides is 3. The molecule has 1 atom stereocenters.